The molecule has 0 saturated carbocycles. The molecule has 5 nitrogen and oxygen atoms in total. The predicted molar refractivity (Wildman–Crippen MR) is 78.4 cm³/mol. The Morgan fingerprint density at radius 1 is 1.24 bits per heavy atom. The van der Waals surface area contributed by atoms with Crippen LogP contribution in [0.25, 0.3) is 11.0 Å². The molecule has 1 aromatic carbocycles. The average Bonchev–Trinajstić information content (AvgIpc) is 3.00. The molecule has 1 aromatic heterocycles. The lowest BCUT2D eigenvalue weighted by Gasteiger charge is -2.21. The zero-order valence-corrected chi connectivity index (χ0v) is 11.9. The van der Waals surface area contributed by atoms with Gasteiger partial charge in [-0.1, -0.05) is 0 Å². The molecule has 0 N–H and O–H groups in total. The summed E-state index contributed by atoms with van der Waals surface area (Å²) in [6.07, 6.45) is 1.56. The lowest BCUT2D eigenvalue weighted by atomic mass is 10.2. The molecule has 0 unspecified atom stereocenters. The maximum absolute atomic E-state index is 12.2. The van der Waals surface area contributed by atoms with Crippen LogP contribution in [0.5, 0.6) is 5.75 Å². The highest BCUT2D eigenvalue weighted by molar-refractivity contribution is 5.81. The second-order valence-electron chi connectivity index (χ2n) is 5.25. The largest absolute Gasteiger partial charge is 0.481 e. The monoisotopic (exact) mass is 287 g/mol. The molecule has 1 atom stereocenters. The van der Waals surface area contributed by atoms with Crippen LogP contribution in [0.3, 0.4) is 0 Å². The first-order chi connectivity index (χ1) is 10.1. The van der Waals surface area contributed by atoms with Gasteiger partial charge in [-0.3, -0.25) is 4.79 Å². The summed E-state index contributed by atoms with van der Waals surface area (Å²) in [7, 11) is 0. The molecule has 1 fully saturated rings. The number of hydrogen-bond acceptors (Lipinski definition) is 4. The molecule has 0 radical (unpaired) electrons. The maximum Gasteiger partial charge on any atom is 0.336 e. The van der Waals surface area contributed by atoms with Gasteiger partial charge >= 0.3 is 5.63 Å². The van der Waals surface area contributed by atoms with Crippen LogP contribution >= 0.6 is 0 Å². The summed E-state index contributed by atoms with van der Waals surface area (Å²) >= 11 is 0. The van der Waals surface area contributed by atoms with Crippen LogP contribution in [0.15, 0.2) is 39.5 Å². The number of likely N-dealkylation sites (tertiary alicyclic amines) is 1. The van der Waals surface area contributed by atoms with E-state index in [1.54, 1.807) is 31.2 Å². The first-order valence-corrected chi connectivity index (χ1v) is 7.13. The Balaban J connectivity index is 1.77. The van der Waals surface area contributed by atoms with Crippen molar-refractivity contribution in [1.29, 1.82) is 0 Å². The summed E-state index contributed by atoms with van der Waals surface area (Å²) in [5.41, 5.74) is 0.0571. The minimum absolute atomic E-state index is 0.00195. The normalized spacial score (nSPS) is 16.1. The zero-order chi connectivity index (χ0) is 14.8. The number of fused-ring (bicyclic) bond motifs is 1. The third-order valence-electron chi connectivity index (χ3n) is 3.67. The molecule has 3 rings (SSSR count). The van der Waals surface area contributed by atoms with E-state index >= 15 is 0 Å². The summed E-state index contributed by atoms with van der Waals surface area (Å²) in [4.78, 5) is 25.3. The van der Waals surface area contributed by atoms with Crippen LogP contribution in [0.1, 0.15) is 19.8 Å². The highest BCUT2D eigenvalue weighted by Gasteiger charge is 2.24. The molecular formula is C16H17NO4. The van der Waals surface area contributed by atoms with Crippen molar-refractivity contribution in [1.82, 2.24) is 4.90 Å². The van der Waals surface area contributed by atoms with Crippen LogP contribution in [-0.4, -0.2) is 30.0 Å². The van der Waals surface area contributed by atoms with Crippen LogP contribution in [0.4, 0.5) is 0 Å². The Labute approximate surface area is 122 Å². The summed E-state index contributed by atoms with van der Waals surface area (Å²) < 4.78 is 10.8. The van der Waals surface area contributed by atoms with E-state index in [2.05, 4.69) is 0 Å². The lowest BCUT2D eigenvalue weighted by molar-refractivity contribution is -0.136. The second-order valence-corrected chi connectivity index (χ2v) is 5.25. The maximum atomic E-state index is 12.2. The highest BCUT2D eigenvalue weighted by Crippen LogP contribution is 2.21. The second kappa shape index (κ2) is 5.60. The number of hydrogen-bond donors (Lipinski definition) is 0. The topological polar surface area (TPSA) is 59.8 Å². The smallest absolute Gasteiger partial charge is 0.336 e. The van der Waals surface area contributed by atoms with Crippen molar-refractivity contribution in [2.75, 3.05) is 13.1 Å². The van der Waals surface area contributed by atoms with E-state index in [0.29, 0.717) is 11.3 Å². The van der Waals surface area contributed by atoms with Gasteiger partial charge in [0.1, 0.15) is 11.3 Å². The van der Waals surface area contributed by atoms with E-state index in [-0.39, 0.29) is 5.91 Å². The Morgan fingerprint density at radius 2 is 1.95 bits per heavy atom. The van der Waals surface area contributed by atoms with Crippen LogP contribution < -0.4 is 10.4 Å². The molecular weight excluding hydrogens is 270 g/mol. The van der Waals surface area contributed by atoms with E-state index in [1.165, 1.54) is 6.07 Å². The summed E-state index contributed by atoms with van der Waals surface area (Å²) in [6, 6.07) is 8.30. The van der Waals surface area contributed by atoms with Crippen LogP contribution in [-0.2, 0) is 4.79 Å². The fourth-order valence-electron chi connectivity index (χ4n) is 2.56. The molecule has 1 aliphatic heterocycles. The van der Waals surface area contributed by atoms with Gasteiger partial charge in [-0.2, -0.15) is 0 Å². The van der Waals surface area contributed by atoms with Gasteiger partial charge < -0.3 is 14.1 Å². The third kappa shape index (κ3) is 2.91. The van der Waals surface area contributed by atoms with Gasteiger partial charge in [0, 0.05) is 30.6 Å². The van der Waals surface area contributed by atoms with Crippen molar-refractivity contribution in [2.45, 2.75) is 25.9 Å². The number of carbonyl (C=O) groups excluding carboxylic acids is 1. The van der Waals surface area contributed by atoms with Crippen molar-refractivity contribution < 1.29 is 13.9 Å². The average molecular weight is 287 g/mol. The van der Waals surface area contributed by atoms with E-state index in [9.17, 15) is 9.59 Å². The number of rotatable bonds is 3. The quantitative estimate of drug-likeness (QED) is 0.812. The SMILES string of the molecule is C[C@@H](Oc1ccc2ccc(=O)oc2c1)C(=O)N1CCCC1. The van der Waals surface area contributed by atoms with Crippen molar-refractivity contribution in [3.05, 3.63) is 40.8 Å². The van der Waals surface area contributed by atoms with E-state index in [1.807, 2.05) is 4.90 Å². The molecule has 1 aliphatic rings. The predicted octanol–water partition coefficient (Wildman–Crippen LogP) is 2.18. The molecule has 110 valence electrons. The van der Waals surface area contributed by atoms with Gasteiger partial charge in [0.2, 0.25) is 0 Å². The van der Waals surface area contributed by atoms with E-state index < -0.39 is 11.7 Å². The standard InChI is InChI=1S/C16H17NO4/c1-11(16(19)17-8-2-3-9-17)20-13-6-4-12-5-7-15(18)21-14(12)10-13/h4-7,10-11H,2-3,8-9H2,1H3/t11-/m1/s1. The lowest BCUT2D eigenvalue weighted by Crippen LogP contribution is -2.38. The fraction of sp³-hybridized carbons (Fsp3) is 0.375. The first-order valence-electron chi connectivity index (χ1n) is 7.13. The number of ether oxygens (including phenoxy) is 1. The summed E-state index contributed by atoms with van der Waals surface area (Å²) in [5, 5.41) is 0.820. The van der Waals surface area contributed by atoms with Crippen molar-refractivity contribution >= 4 is 16.9 Å². The highest BCUT2D eigenvalue weighted by atomic mass is 16.5. The van der Waals surface area contributed by atoms with Crippen molar-refractivity contribution in [3.63, 3.8) is 0 Å². The zero-order valence-electron chi connectivity index (χ0n) is 11.9. The molecule has 0 aliphatic carbocycles. The Hall–Kier alpha value is -2.30. The molecule has 0 bridgehead atoms. The molecule has 2 aromatic rings. The van der Waals surface area contributed by atoms with Gasteiger partial charge in [0.15, 0.2) is 6.10 Å². The molecule has 21 heavy (non-hydrogen) atoms. The van der Waals surface area contributed by atoms with Crippen LogP contribution in [0, 0.1) is 0 Å². The number of benzene rings is 1. The van der Waals surface area contributed by atoms with E-state index in [4.69, 9.17) is 9.15 Å². The molecule has 0 spiro atoms. The molecule has 1 amide bonds. The minimum Gasteiger partial charge on any atom is -0.481 e. The Kier molecular flexibility index (Phi) is 3.64. The Bertz CT molecular complexity index is 716. The summed E-state index contributed by atoms with van der Waals surface area (Å²) in [5.74, 6) is 0.527. The summed E-state index contributed by atoms with van der Waals surface area (Å²) in [6.45, 7) is 3.35. The van der Waals surface area contributed by atoms with Crippen molar-refractivity contribution in [2.24, 2.45) is 0 Å². The molecule has 1 saturated heterocycles. The molecule has 2 heterocycles. The number of nitrogens with zero attached hydrogens (tertiary/aromatic N) is 1. The Morgan fingerprint density at radius 3 is 2.71 bits per heavy atom. The minimum atomic E-state index is -0.545. The van der Waals surface area contributed by atoms with Gasteiger partial charge in [0.25, 0.3) is 5.91 Å². The third-order valence-corrected chi connectivity index (χ3v) is 3.67. The fourth-order valence-corrected chi connectivity index (χ4v) is 2.56. The number of amides is 1. The first kappa shape index (κ1) is 13.7. The van der Waals surface area contributed by atoms with Gasteiger partial charge in [-0.25, -0.2) is 4.79 Å². The van der Waals surface area contributed by atoms with Crippen molar-refractivity contribution in [3.8, 4) is 5.75 Å². The van der Waals surface area contributed by atoms with Gasteiger partial charge in [-0.15, -0.1) is 0 Å². The molecule has 5 heteroatoms. The van der Waals surface area contributed by atoms with Gasteiger partial charge in [-0.05, 0) is 38.0 Å². The van der Waals surface area contributed by atoms with E-state index in [0.717, 1.165) is 31.3 Å². The van der Waals surface area contributed by atoms with Crippen LogP contribution in [0.2, 0.25) is 0 Å². The number of carbonyl (C=O) groups is 1. The van der Waals surface area contributed by atoms with Gasteiger partial charge in [0.05, 0.1) is 0 Å².